The van der Waals surface area contributed by atoms with E-state index in [-0.39, 0.29) is 12.0 Å². The maximum atomic E-state index is 12.2. The van der Waals surface area contributed by atoms with Crippen molar-refractivity contribution in [1.29, 1.82) is 0 Å². The van der Waals surface area contributed by atoms with Crippen LogP contribution in [0.25, 0.3) is 0 Å². The van der Waals surface area contributed by atoms with Crippen molar-refractivity contribution in [2.24, 2.45) is 0 Å². The van der Waals surface area contributed by atoms with E-state index in [1.54, 1.807) is 38.6 Å². The number of carbonyl (C=O) groups excluding carboxylic acids is 1. The number of hydrogen-bond acceptors (Lipinski definition) is 6. The van der Waals surface area contributed by atoms with Gasteiger partial charge in [0.05, 0.1) is 31.6 Å². The maximum Gasteiger partial charge on any atom is 0.252 e. The first-order valence-electron chi connectivity index (χ1n) is 8.54. The van der Waals surface area contributed by atoms with Crippen molar-refractivity contribution in [3.05, 3.63) is 42.1 Å². The molecule has 0 bridgehead atoms. The molecular weight excluding hydrogens is 334 g/mol. The molecule has 7 nitrogen and oxygen atoms in total. The van der Waals surface area contributed by atoms with Gasteiger partial charge in [-0.3, -0.25) is 4.79 Å². The van der Waals surface area contributed by atoms with Crippen LogP contribution in [0.4, 0.5) is 11.5 Å². The highest BCUT2D eigenvalue weighted by Crippen LogP contribution is 2.30. The number of methoxy groups -OCH3 is 2. The number of rotatable bonds is 7. The van der Waals surface area contributed by atoms with E-state index in [4.69, 9.17) is 14.2 Å². The minimum atomic E-state index is -0.151. The van der Waals surface area contributed by atoms with Crippen LogP contribution in [0, 0.1) is 0 Å². The zero-order valence-corrected chi connectivity index (χ0v) is 15.0. The molecule has 0 aliphatic carbocycles. The summed E-state index contributed by atoms with van der Waals surface area (Å²) in [5.74, 6) is 1.81. The van der Waals surface area contributed by atoms with Gasteiger partial charge < -0.3 is 24.8 Å². The Morgan fingerprint density at radius 1 is 1.27 bits per heavy atom. The summed E-state index contributed by atoms with van der Waals surface area (Å²) < 4.78 is 16.0. The summed E-state index contributed by atoms with van der Waals surface area (Å²) in [7, 11) is 3.20. The number of aromatic nitrogens is 1. The van der Waals surface area contributed by atoms with Crippen LogP contribution in [0.1, 0.15) is 23.2 Å². The highest BCUT2D eigenvalue weighted by Gasteiger charge is 2.16. The van der Waals surface area contributed by atoms with Gasteiger partial charge in [0.1, 0.15) is 17.3 Å². The average molecular weight is 357 g/mol. The summed E-state index contributed by atoms with van der Waals surface area (Å²) >= 11 is 0. The molecule has 2 N–H and O–H groups in total. The van der Waals surface area contributed by atoms with Gasteiger partial charge in [-0.2, -0.15) is 0 Å². The number of anilines is 2. The number of benzene rings is 1. The zero-order chi connectivity index (χ0) is 18.4. The molecule has 1 unspecified atom stereocenters. The Balaban J connectivity index is 1.61. The monoisotopic (exact) mass is 357 g/mol. The van der Waals surface area contributed by atoms with Crippen molar-refractivity contribution in [2.75, 3.05) is 32.7 Å². The van der Waals surface area contributed by atoms with Crippen LogP contribution in [0.15, 0.2) is 36.5 Å². The molecule has 1 fully saturated rings. The van der Waals surface area contributed by atoms with Crippen LogP contribution in [0.2, 0.25) is 0 Å². The summed E-state index contributed by atoms with van der Waals surface area (Å²) in [6.45, 7) is 1.30. The molecule has 0 spiro atoms. The third kappa shape index (κ3) is 4.43. The molecule has 1 amide bonds. The first kappa shape index (κ1) is 18.0. The van der Waals surface area contributed by atoms with Gasteiger partial charge in [-0.1, -0.05) is 0 Å². The van der Waals surface area contributed by atoms with Gasteiger partial charge in [-0.15, -0.1) is 0 Å². The van der Waals surface area contributed by atoms with E-state index in [1.807, 2.05) is 12.1 Å². The molecule has 0 radical (unpaired) electrons. The van der Waals surface area contributed by atoms with Gasteiger partial charge in [-0.05, 0) is 37.1 Å². The van der Waals surface area contributed by atoms with Crippen molar-refractivity contribution in [1.82, 2.24) is 10.3 Å². The van der Waals surface area contributed by atoms with Crippen molar-refractivity contribution >= 4 is 17.4 Å². The van der Waals surface area contributed by atoms with Crippen molar-refractivity contribution in [2.45, 2.75) is 18.9 Å². The molecule has 3 rings (SSSR count). The highest BCUT2D eigenvalue weighted by atomic mass is 16.5. The van der Waals surface area contributed by atoms with Crippen LogP contribution < -0.4 is 20.1 Å². The lowest BCUT2D eigenvalue weighted by Gasteiger charge is -2.13. The van der Waals surface area contributed by atoms with E-state index in [0.717, 1.165) is 25.1 Å². The number of nitrogens with one attached hydrogen (secondary N) is 2. The van der Waals surface area contributed by atoms with Gasteiger partial charge >= 0.3 is 0 Å². The number of nitrogens with zero attached hydrogens (tertiary/aromatic N) is 1. The molecule has 138 valence electrons. The van der Waals surface area contributed by atoms with Gasteiger partial charge in [0.2, 0.25) is 0 Å². The SMILES string of the molecule is COc1ccc(Nc2ccc(C(=O)NCC3CCCO3)cn2)c(OC)c1. The smallest absolute Gasteiger partial charge is 0.252 e. The Hall–Kier alpha value is -2.80. The fraction of sp³-hybridized carbons (Fsp3) is 0.368. The Kier molecular flexibility index (Phi) is 5.91. The lowest BCUT2D eigenvalue weighted by atomic mass is 10.2. The minimum Gasteiger partial charge on any atom is -0.497 e. The Morgan fingerprint density at radius 3 is 2.81 bits per heavy atom. The minimum absolute atomic E-state index is 0.121. The number of ether oxygens (including phenoxy) is 3. The quantitative estimate of drug-likeness (QED) is 0.793. The summed E-state index contributed by atoms with van der Waals surface area (Å²) in [4.78, 5) is 16.5. The van der Waals surface area contributed by atoms with Gasteiger partial charge in [0, 0.05) is 25.4 Å². The second-order valence-electron chi connectivity index (χ2n) is 5.97. The molecule has 26 heavy (non-hydrogen) atoms. The molecule has 7 heteroatoms. The van der Waals surface area contributed by atoms with Crippen molar-refractivity contribution in [3.63, 3.8) is 0 Å². The van der Waals surface area contributed by atoms with E-state index in [2.05, 4.69) is 15.6 Å². The molecule has 1 saturated heterocycles. The normalized spacial score (nSPS) is 16.2. The van der Waals surface area contributed by atoms with Crippen LogP contribution in [0.5, 0.6) is 11.5 Å². The Morgan fingerprint density at radius 2 is 2.15 bits per heavy atom. The first-order chi connectivity index (χ1) is 12.7. The van der Waals surface area contributed by atoms with Gasteiger partial charge in [0.25, 0.3) is 5.91 Å². The maximum absolute atomic E-state index is 12.2. The Labute approximate surface area is 152 Å². The molecule has 1 atom stereocenters. The topological polar surface area (TPSA) is 81.7 Å². The van der Waals surface area contributed by atoms with Crippen molar-refractivity contribution in [3.8, 4) is 11.5 Å². The second kappa shape index (κ2) is 8.53. The van der Waals surface area contributed by atoms with Gasteiger partial charge in [0.15, 0.2) is 0 Å². The Bertz CT molecular complexity index is 743. The number of amides is 1. The second-order valence-corrected chi connectivity index (χ2v) is 5.97. The van der Waals surface area contributed by atoms with Crippen molar-refractivity contribution < 1.29 is 19.0 Å². The van der Waals surface area contributed by atoms with Crippen LogP contribution in [-0.4, -0.2) is 44.4 Å². The summed E-state index contributed by atoms with van der Waals surface area (Å²) in [5, 5.41) is 6.06. The highest BCUT2D eigenvalue weighted by molar-refractivity contribution is 5.94. The van der Waals surface area contributed by atoms with E-state index in [0.29, 0.717) is 29.4 Å². The largest absolute Gasteiger partial charge is 0.497 e. The summed E-state index contributed by atoms with van der Waals surface area (Å²) in [6, 6.07) is 8.95. The summed E-state index contributed by atoms with van der Waals surface area (Å²) in [6.07, 6.45) is 3.71. The van der Waals surface area contributed by atoms with E-state index >= 15 is 0 Å². The molecular formula is C19H23N3O4. The van der Waals surface area contributed by atoms with Gasteiger partial charge in [-0.25, -0.2) is 4.98 Å². The lowest BCUT2D eigenvalue weighted by molar-refractivity contribution is 0.0857. The molecule has 1 aromatic carbocycles. The lowest BCUT2D eigenvalue weighted by Crippen LogP contribution is -2.31. The van der Waals surface area contributed by atoms with E-state index in [9.17, 15) is 4.79 Å². The average Bonchev–Trinajstić information content (AvgIpc) is 3.20. The molecule has 0 saturated carbocycles. The fourth-order valence-corrected chi connectivity index (χ4v) is 2.76. The number of hydrogen-bond donors (Lipinski definition) is 2. The molecule has 1 aromatic heterocycles. The molecule has 2 heterocycles. The number of carbonyl (C=O) groups is 1. The number of pyridine rings is 1. The van der Waals surface area contributed by atoms with E-state index < -0.39 is 0 Å². The standard InChI is InChI=1S/C19H23N3O4/c1-24-14-6-7-16(17(10-14)25-2)22-18-8-5-13(11-20-18)19(23)21-12-15-4-3-9-26-15/h5-8,10-11,15H,3-4,9,12H2,1-2H3,(H,20,22)(H,21,23). The predicted octanol–water partition coefficient (Wildman–Crippen LogP) is 2.75. The third-order valence-electron chi connectivity index (χ3n) is 4.21. The molecule has 2 aromatic rings. The van der Waals surface area contributed by atoms with E-state index in [1.165, 1.54) is 0 Å². The predicted molar refractivity (Wildman–Crippen MR) is 98.4 cm³/mol. The zero-order valence-electron chi connectivity index (χ0n) is 15.0. The van der Waals surface area contributed by atoms with Crippen LogP contribution in [-0.2, 0) is 4.74 Å². The summed E-state index contributed by atoms with van der Waals surface area (Å²) in [5.41, 5.74) is 1.27. The molecule has 1 aliphatic heterocycles. The van der Waals surface area contributed by atoms with Crippen LogP contribution >= 0.6 is 0 Å². The van der Waals surface area contributed by atoms with Crippen LogP contribution in [0.3, 0.4) is 0 Å². The fourth-order valence-electron chi connectivity index (χ4n) is 2.76. The third-order valence-corrected chi connectivity index (χ3v) is 4.21. The molecule has 1 aliphatic rings. The first-order valence-corrected chi connectivity index (χ1v) is 8.54.